The van der Waals surface area contributed by atoms with Gasteiger partial charge in [-0.2, -0.15) is 0 Å². The predicted octanol–water partition coefficient (Wildman–Crippen LogP) is 1.85. The molecule has 0 atom stereocenters. The van der Waals surface area contributed by atoms with Gasteiger partial charge in [0.2, 0.25) is 5.91 Å². The predicted molar refractivity (Wildman–Crippen MR) is 73.4 cm³/mol. The van der Waals surface area contributed by atoms with Crippen molar-refractivity contribution in [1.82, 2.24) is 4.90 Å². The Labute approximate surface area is 109 Å². The van der Waals surface area contributed by atoms with E-state index in [-0.39, 0.29) is 12.5 Å². The molecule has 0 bridgehead atoms. The van der Waals surface area contributed by atoms with Crippen molar-refractivity contribution in [3.05, 3.63) is 29.8 Å². The third-order valence-corrected chi connectivity index (χ3v) is 2.55. The molecule has 0 radical (unpaired) electrons. The number of hydrogen-bond acceptors (Lipinski definition) is 3. The number of amides is 1. The molecule has 2 N–H and O–H groups in total. The lowest BCUT2D eigenvalue weighted by Crippen LogP contribution is -2.12. The topological polar surface area (TPSA) is 52.6 Å². The van der Waals surface area contributed by atoms with Crippen LogP contribution in [0.2, 0.25) is 0 Å². The lowest BCUT2D eigenvalue weighted by atomic mass is 10.2. The third-order valence-electron chi connectivity index (χ3n) is 2.55. The van der Waals surface area contributed by atoms with Crippen LogP contribution in [0.4, 0.5) is 5.69 Å². The summed E-state index contributed by atoms with van der Waals surface area (Å²) in [6.45, 7) is 1.04. The minimum atomic E-state index is 0.00353. The largest absolute Gasteiger partial charge is 0.396 e. The van der Waals surface area contributed by atoms with Crippen LogP contribution >= 0.6 is 0 Å². The lowest BCUT2D eigenvalue weighted by molar-refractivity contribution is -0.116. The Kier molecular flexibility index (Phi) is 6.39. The molecule has 4 nitrogen and oxygen atoms in total. The van der Waals surface area contributed by atoms with Gasteiger partial charge < -0.3 is 15.3 Å². The Morgan fingerprint density at radius 2 is 1.89 bits per heavy atom. The quantitative estimate of drug-likeness (QED) is 0.726. The number of rotatable bonds is 7. The van der Waals surface area contributed by atoms with Gasteiger partial charge in [-0.05, 0) is 44.6 Å². The summed E-state index contributed by atoms with van der Waals surface area (Å²) in [7, 11) is 4.05. The second-order valence-corrected chi connectivity index (χ2v) is 4.66. The molecule has 4 heteroatoms. The summed E-state index contributed by atoms with van der Waals surface area (Å²) in [6.07, 6.45) is 1.86. The van der Waals surface area contributed by atoms with Crippen LogP contribution in [0.3, 0.4) is 0 Å². The van der Waals surface area contributed by atoms with Gasteiger partial charge in [0.05, 0.1) is 0 Å². The van der Waals surface area contributed by atoms with Crippen molar-refractivity contribution in [2.24, 2.45) is 0 Å². The van der Waals surface area contributed by atoms with Gasteiger partial charge in [-0.25, -0.2) is 0 Å². The van der Waals surface area contributed by atoms with E-state index in [0.29, 0.717) is 12.8 Å². The van der Waals surface area contributed by atoms with Crippen LogP contribution in [-0.4, -0.2) is 36.6 Å². The average molecular weight is 250 g/mol. The second kappa shape index (κ2) is 7.84. The molecule has 0 saturated heterocycles. The van der Waals surface area contributed by atoms with Gasteiger partial charge in [-0.15, -0.1) is 0 Å². The molecule has 0 spiro atoms. The molecule has 0 heterocycles. The first-order valence-electron chi connectivity index (χ1n) is 6.26. The number of aliphatic hydroxyl groups is 1. The highest BCUT2D eigenvalue weighted by Crippen LogP contribution is 2.11. The maximum absolute atomic E-state index is 11.5. The number of nitrogens with one attached hydrogen (secondary N) is 1. The Balaban J connectivity index is 2.40. The number of unbranched alkanes of at least 4 members (excludes halogenated alkanes) is 1. The van der Waals surface area contributed by atoms with E-state index in [9.17, 15) is 4.79 Å². The minimum Gasteiger partial charge on any atom is -0.396 e. The van der Waals surface area contributed by atoms with Crippen LogP contribution in [-0.2, 0) is 11.3 Å². The summed E-state index contributed by atoms with van der Waals surface area (Å²) >= 11 is 0. The molecule has 1 aromatic carbocycles. The van der Waals surface area contributed by atoms with E-state index in [1.54, 1.807) is 0 Å². The van der Waals surface area contributed by atoms with E-state index >= 15 is 0 Å². The summed E-state index contributed by atoms with van der Waals surface area (Å²) in [5, 5.41) is 11.5. The molecule has 100 valence electrons. The summed E-state index contributed by atoms with van der Waals surface area (Å²) in [5.41, 5.74) is 2.05. The van der Waals surface area contributed by atoms with Crippen LogP contribution in [0, 0.1) is 0 Å². The van der Waals surface area contributed by atoms with Crippen molar-refractivity contribution in [3.8, 4) is 0 Å². The van der Waals surface area contributed by atoms with Gasteiger partial charge in [-0.1, -0.05) is 12.1 Å². The van der Waals surface area contributed by atoms with E-state index in [4.69, 9.17) is 5.11 Å². The van der Waals surface area contributed by atoms with Crippen molar-refractivity contribution < 1.29 is 9.90 Å². The molecule has 0 aliphatic carbocycles. The van der Waals surface area contributed by atoms with E-state index in [0.717, 1.165) is 18.7 Å². The maximum Gasteiger partial charge on any atom is 0.224 e. The number of hydrogen-bond donors (Lipinski definition) is 2. The number of benzene rings is 1. The minimum absolute atomic E-state index is 0.00353. The van der Waals surface area contributed by atoms with Gasteiger partial charge >= 0.3 is 0 Å². The zero-order valence-corrected chi connectivity index (χ0v) is 11.1. The lowest BCUT2D eigenvalue weighted by Gasteiger charge is -2.10. The monoisotopic (exact) mass is 250 g/mol. The van der Waals surface area contributed by atoms with Gasteiger partial charge in [0.25, 0.3) is 0 Å². The Morgan fingerprint density at radius 3 is 2.44 bits per heavy atom. The highest BCUT2D eigenvalue weighted by molar-refractivity contribution is 5.90. The summed E-state index contributed by atoms with van der Waals surface area (Å²) in [5.74, 6) is 0.00353. The Morgan fingerprint density at radius 1 is 1.22 bits per heavy atom. The fourth-order valence-corrected chi connectivity index (χ4v) is 1.68. The standard InChI is InChI=1S/C14H22N2O2/c1-16(2)11-12-6-8-13(9-7-12)15-14(18)5-3-4-10-17/h6-9,17H,3-5,10-11H2,1-2H3,(H,15,18). The van der Waals surface area contributed by atoms with Crippen molar-refractivity contribution in [3.63, 3.8) is 0 Å². The zero-order chi connectivity index (χ0) is 13.4. The SMILES string of the molecule is CN(C)Cc1ccc(NC(=O)CCCCO)cc1. The maximum atomic E-state index is 11.5. The fourth-order valence-electron chi connectivity index (χ4n) is 1.68. The smallest absolute Gasteiger partial charge is 0.224 e. The van der Waals surface area contributed by atoms with Crippen LogP contribution in [0.25, 0.3) is 0 Å². The van der Waals surface area contributed by atoms with Crippen LogP contribution in [0.1, 0.15) is 24.8 Å². The van der Waals surface area contributed by atoms with Crippen LogP contribution in [0.15, 0.2) is 24.3 Å². The molecule has 0 unspecified atom stereocenters. The normalized spacial score (nSPS) is 10.7. The molecule has 0 aliphatic rings. The fraction of sp³-hybridized carbons (Fsp3) is 0.500. The van der Waals surface area contributed by atoms with Gasteiger partial charge in [0.1, 0.15) is 0 Å². The molecule has 1 aromatic rings. The van der Waals surface area contributed by atoms with E-state index in [2.05, 4.69) is 10.2 Å². The molecule has 0 fully saturated rings. The van der Waals surface area contributed by atoms with Crippen molar-refractivity contribution in [2.75, 3.05) is 26.0 Å². The van der Waals surface area contributed by atoms with Crippen molar-refractivity contribution in [1.29, 1.82) is 0 Å². The van der Waals surface area contributed by atoms with Crippen LogP contribution in [0.5, 0.6) is 0 Å². The Hall–Kier alpha value is -1.39. The van der Waals surface area contributed by atoms with E-state index < -0.39 is 0 Å². The summed E-state index contributed by atoms with van der Waals surface area (Å²) in [6, 6.07) is 7.87. The molecule has 0 aliphatic heterocycles. The third kappa shape index (κ3) is 5.80. The highest BCUT2D eigenvalue weighted by Gasteiger charge is 2.02. The van der Waals surface area contributed by atoms with Crippen molar-refractivity contribution >= 4 is 11.6 Å². The van der Waals surface area contributed by atoms with E-state index in [1.807, 2.05) is 38.4 Å². The molecule has 1 amide bonds. The number of carbonyl (C=O) groups is 1. The number of carbonyl (C=O) groups excluding carboxylic acids is 1. The first kappa shape index (κ1) is 14.7. The second-order valence-electron chi connectivity index (χ2n) is 4.66. The molecule has 0 saturated carbocycles. The number of aliphatic hydroxyl groups excluding tert-OH is 1. The average Bonchev–Trinajstić information content (AvgIpc) is 2.31. The number of anilines is 1. The first-order chi connectivity index (χ1) is 8.61. The summed E-state index contributed by atoms with van der Waals surface area (Å²) in [4.78, 5) is 13.6. The first-order valence-corrected chi connectivity index (χ1v) is 6.26. The molecular formula is C14H22N2O2. The summed E-state index contributed by atoms with van der Waals surface area (Å²) < 4.78 is 0. The van der Waals surface area contributed by atoms with Gasteiger partial charge in [-0.3, -0.25) is 4.79 Å². The molecular weight excluding hydrogens is 228 g/mol. The molecule has 18 heavy (non-hydrogen) atoms. The Bertz CT molecular complexity index is 361. The zero-order valence-electron chi connectivity index (χ0n) is 11.1. The van der Waals surface area contributed by atoms with E-state index in [1.165, 1.54) is 5.56 Å². The molecule has 1 rings (SSSR count). The van der Waals surface area contributed by atoms with Gasteiger partial charge in [0.15, 0.2) is 0 Å². The van der Waals surface area contributed by atoms with Crippen LogP contribution < -0.4 is 5.32 Å². The highest BCUT2D eigenvalue weighted by atomic mass is 16.2. The van der Waals surface area contributed by atoms with Crippen molar-refractivity contribution in [2.45, 2.75) is 25.8 Å². The molecule has 0 aromatic heterocycles. The van der Waals surface area contributed by atoms with Gasteiger partial charge in [0, 0.05) is 25.3 Å². The number of nitrogens with zero attached hydrogens (tertiary/aromatic N) is 1.